The van der Waals surface area contributed by atoms with Crippen LogP contribution < -0.4 is 5.73 Å². The summed E-state index contributed by atoms with van der Waals surface area (Å²) in [5, 5.41) is 0. The van der Waals surface area contributed by atoms with Crippen molar-refractivity contribution in [3.05, 3.63) is 0 Å². The molecule has 0 amide bonds. The zero-order valence-electron chi connectivity index (χ0n) is 12.6. The Kier molecular flexibility index (Phi) is 5.93. The van der Waals surface area contributed by atoms with Gasteiger partial charge in [-0.2, -0.15) is 0 Å². The van der Waals surface area contributed by atoms with Gasteiger partial charge < -0.3 is 10.6 Å². The number of nitrogens with zero attached hydrogens (tertiary/aromatic N) is 3. The van der Waals surface area contributed by atoms with Gasteiger partial charge in [0.1, 0.15) is 0 Å². The molecule has 4 heteroatoms. The van der Waals surface area contributed by atoms with Crippen molar-refractivity contribution in [2.24, 2.45) is 10.7 Å². The number of nitrogens with two attached hydrogens (primary N) is 1. The van der Waals surface area contributed by atoms with Crippen molar-refractivity contribution in [3.8, 4) is 0 Å². The second-order valence-corrected chi connectivity index (χ2v) is 5.71. The van der Waals surface area contributed by atoms with E-state index in [9.17, 15) is 0 Å². The lowest BCUT2D eigenvalue weighted by molar-refractivity contribution is 0.102. The minimum absolute atomic E-state index is 0.123. The van der Waals surface area contributed by atoms with Gasteiger partial charge in [-0.05, 0) is 53.6 Å². The Labute approximate surface area is 112 Å². The Bertz CT molecular complexity index is 263. The van der Waals surface area contributed by atoms with Gasteiger partial charge in [0.2, 0.25) is 0 Å². The van der Waals surface area contributed by atoms with Crippen LogP contribution in [0, 0.1) is 0 Å². The smallest absolute Gasteiger partial charge is 0.191 e. The number of hydrogen-bond acceptors (Lipinski definition) is 2. The molecule has 0 radical (unpaired) electrons. The van der Waals surface area contributed by atoms with Gasteiger partial charge in [-0.3, -0.25) is 9.89 Å². The normalized spacial score (nSPS) is 19.0. The van der Waals surface area contributed by atoms with Crippen LogP contribution in [0.2, 0.25) is 0 Å². The molecule has 1 heterocycles. The first-order chi connectivity index (χ1) is 8.51. The van der Waals surface area contributed by atoms with Crippen molar-refractivity contribution in [3.63, 3.8) is 0 Å². The van der Waals surface area contributed by atoms with Gasteiger partial charge in [0, 0.05) is 18.6 Å². The third kappa shape index (κ3) is 4.16. The van der Waals surface area contributed by atoms with Gasteiger partial charge in [-0.15, -0.1) is 0 Å². The lowest BCUT2D eigenvalue weighted by Gasteiger charge is -2.40. The zero-order valence-corrected chi connectivity index (χ0v) is 12.6. The molecule has 2 N–H and O–H groups in total. The molecular formula is C14H30N4. The second kappa shape index (κ2) is 6.98. The number of aliphatic imine (C=N–C) groups is 1. The summed E-state index contributed by atoms with van der Waals surface area (Å²) in [4.78, 5) is 9.25. The van der Waals surface area contributed by atoms with E-state index in [-0.39, 0.29) is 5.54 Å². The van der Waals surface area contributed by atoms with E-state index in [1.54, 1.807) is 0 Å². The van der Waals surface area contributed by atoms with Crippen LogP contribution in [0.5, 0.6) is 0 Å². The predicted molar refractivity (Wildman–Crippen MR) is 78.9 cm³/mol. The lowest BCUT2D eigenvalue weighted by Crippen LogP contribution is -2.49. The van der Waals surface area contributed by atoms with Crippen molar-refractivity contribution < 1.29 is 0 Å². The van der Waals surface area contributed by atoms with E-state index in [1.807, 2.05) is 0 Å². The molecule has 0 aromatic carbocycles. The van der Waals surface area contributed by atoms with Crippen LogP contribution in [-0.2, 0) is 0 Å². The fourth-order valence-electron chi connectivity index (χ4n) is 2.52. The Balaban J connectivity index is 2.56. The molecule has 1 saturated heterocycles. The third-order valence-corrected chi connectivity index (χ3v) is 3.93. The van der Waals surface area contributed by atoms with Crippen molar-refractivity contribution in [2.45, 2.75) is 52.5 Å². The minimum Gasteiger partial charge on any atom is -0.370 e. The molecule has 0 spiro atoms. The van der Waals surface area contributed by atoms with Gasteiger partial charge in [0.25, 0.3) is 0 Å². The van der Waals surface area contributed by atoms with Crippen molar-refractivity contribution in [1.82, 2.24) is 9.80 Å². The molecule has 0 bridgehead atoms. The summed E-state index contributed by atoms with van der Waals surface area (Å²) in [7, 11) is 0. The van der Waals surface area contributed by atoms with Crippen molar-refractivity contribution in [2.75, 3.05) is 32.7 Å². The third-order valence-electron chi connectivity index (χ3n) is 3.93. The van der Waals surface area contributed by atoms with E-state index in [2.05, 4.69) is 42.5 Å². The highest BCUT2D eigenvalue weighted by Crippen LogP contribution is 2.20. The quantitative estimate of drug-likeness (QED) is 0.602. The molecule has 0 aliphatic carbocycles. The van der Waals surface area contributed by atoms with Crippen LogP contribution in [0.25, 0.3) is 0 Å². The number of piperidine rings is 1. The minimum atomic E-state index is 0.123. The monoisotopic (exact) mass is 254 g/mol. The van der Waals surface area contributed by atoms with Crippen LogP contribution in [0.4, 0.5) is 0 Å². The van der Waals surface area contributed by atoms with E-state index >= 15 is 0 Å². The summed E-state index contributed by atoms with van der Waals surface area (Å²) < 4.78 is 0. The van der Waals surface area contributed by atoms with E-state index in [0.29, 0.717) is 5.96 Å². The van der Waals surface area contributed by atoms with Crippen molar-refractivity contribution >= 4 is 5.96 Å². The van der Waals surface area contributed by atoms with E-state index in [4.69, 9.17) is 5.73 Å². The van der Waals surface area contributed by atoms with Gasteiger partial charge in [-0.25, -0.2) is 0 Å². The first-order valence-electron chi connectivity index (χ1n) is 7.31. The van der Waals surface area contributed by atoms with Gasteiger partial charge in [0.15, 0.2) is 5.96 Å². The number of rotatable bonds is 5. The summed E-state index contributed by atoms with van der Waals surface area (Å²) in [6, 6.07) is 0. The topological polar surface area (TPSA) is 44.9 Å². The molecule has 0 aromatic rings. The van der Waals surface area contributed by atoms with Gasteiger partial charge in [0.05, 0.1) is 6.54 Å². The molecule has 1 fully saturated rings. The molecule has 1 aliphatic heterocycles. The van der Waals surface area contributed by atoms with E-state index < -0.39 is 0 Å². The summed E-state index contributed by atoms with van der Waals surface area (Å²) in [5.74, 6) is 0.685. The standard InChI is InChI=1S/C14H30N4/c1-5-17(6-2)13(15)16-12-14(3,4)18-10-8-7-9-11-18/h5-12H2,1-4H3,(H2,15,16). The van der Waals surface area contributed by atoms with E-state index in [1.165, 1.54) is 32.4 Å². The summed E-state index contributed by atoms with van der Waals surface area (Å²) in [5.41, 5.74) is 6.16. The Morgan fingerprint density at radius 3 is 2.22 bits per heavy atom. The summed E-state index contributed by atoms with van der Waals surface area (Å²) >= 11 is 0. The maximum atomic E-state index is 6.03. The van der Waals surface area contributed by atoms with Crippen molar-refractivity contribution in [1.29, 1.82) is 0 Å². The lowest BCUT2D eigenvalue weighted by atomic mass is 9.99. The van der Waals surface area contributed by atoms with Crippen LogP contribution >= 0.6 is 0 Å². The maximum Gasteiger partial charge on any atom is 0.191 e. The Hall–Kier alpha value is -0.770. The highest BCUT2D eigenvalue weighted by molar-refractivity contribution is 5.78. The largest absolute Gasteiger partial charge is 0.370 e. The molecular weight excluding hydrogens is 224 g/mol. The molecule has 1 rings (SSSR count). The first kappa shape index (κ1) is 15.3. The summed E-state index contributed by atoms with van der Waals surface area (Å²) in [6.07, 6.45) is 4.01. The fourth-order valence-corrected chi connectivity index (χ4v) is 2.52. The fraction of sp³-hybridized carbons (Fsp3) is 0.929. The Morgan fingerprint density at radius 1 is 1.17 bits per heavy atom. The van der Waals surface area contributed by atoms with Crippen LogP contribution in [0.3, 0.4) is 0 Å². The molecule has 0 unspecified atom stereocenters. The average molecular weight is 254 g/mol. The maximum absolute atomic E-state index is 6.03. The second-order valence-electron chi connectivity index (χ2n) is 5.71. The first-order valence-corrected chi connectivity index (χ1v) is 7.31. The van der Waals surface area contributed by atoms with Gasteiger partial charge in [-0.1, -0.05) is 6.42 Å². The molecule has 0 atom stereocenters. The number of hydrogen-bond donors (Lipinski definition) is 1. The molecule has 1 aliphatic rings. The molecule has 18 heavy (non-hydrogen) atoms. The van der Waals surface area contributed by atoms with Crippen LogP contribution in [-0.4, -0.2) is 54.0 Å². The number of guanidine groups is 1. The summed E-state index contributed by atoms with van der Waals surface area (Å²) in [6.45, 7) is 13.8. The highest BCUT2D eigenvalue weighted by atomic mass is 15.3. The van der Waals surface area contributed by atoms with Crippen LogP contribution in [0.1, 0.15) is 47.0 Å². The molecule has 0 aromatic heterocycles. The molecule has 4 nitrogen and oxygen atoms in total. The number of likely N-dealkylation sites (tertiary alicyclic amines) is 1. The zero-order chi connectivity index (χ0) is 13.6. The van der Waals surface area contributed by atoms with Crippen LogP contribution in [0.15, 0.2) is 4.99 Å². The van der Waals surface area contributed by atoms with E-state index in [0.717, 1.165) is 19.6 Å². The SMILES string of the molecule is CCN(CC)C(N)=NCC(C)(C)N1CCCCC1. The molecule has 0 saturated carbocycles. The predicted octanol–water partition coefficient (Wildman–Crippen LogP) is 1.91. The molecule has 106 valence electrons. The highest BCUT2D eigenvalue weighted by Gasteiger charge is 2.27. The average Bonchev–Trinajstić information content (AvgIpc) is 2.39. The Morgan fingerprint density at radius 2 is 1.72 bits per heavy atom. The van der Waals surface area contributed by atoms with Gasteiger partial charge >= 0.3 is 0 Å².